The maximum Gasteiger partial charge on any atom is 0.224 e. The van der Waals surface area contributed by atoms with Crippen LogP contribution in [0.15, 0.2) is 18.2 Å². The highest BCUT2D eigenvalue weighted by molar-refractivity contribution is 7.21. The number of thiophene rings is 1. The molecule has 0 aliphatic carbocycles. The number of carbonyl (C=O) groups is 1. The zero-order valence-corrected chi connectivity index (χ0v) is 16.3. The minimum Gasteiger partial charge on any atom is -0.397 e. The van der Waals surface area contributed by atoms with Gasteiger partial charge in [0.25, 0.3) is 0 Å². The average molecular weight is 411 g/mol. The molecule has 0 fully saturated rings. The largest absolute Gasteiger partial charge is 0.397 e. The summed E-state index contributed by atoms with van der Waals surface area (Å²) < 4.78 is 0. The van der Waals surface area contributed by atoms with Crippen LogP contribution >= 0.6 is 34.5 Å². The van der Waals surface area contributed by atoms with Gasteiger partial charge >= 0.3 is 0 Å². The Morgan fingerprint density at radius 3 is 2.69 bits per heavy atom. The number of nitrogens with two attached hydrogens (primary N) is 1. The third-order valence-corrected chi connectivity index (χ3v) is 5.69. The Labute approximate surface area is 164 Å². The van der Waals surface area contributed by atoms with Crippen molar-refractivity contribution in [1.82, 2.24) is 9.97 Å². The van der Waals surface area contributed by atoms with Gasteiger partial charge in [0, 0.05) is 18.5 Å². The number of anilines is 2. The Hall–Kier alpha value is -1.93. The number of aliphatic hydroxyl groups is 1. The number of carbonyl (C=O) groups excluding carboxylic acids is 1. The van der Waals surface area contributed by atoms with Gasteiger partial charge in [0.05, 0.1) is 38.3 Å². The third-order valence-electron chi connectivity index (χ3n) is 3.75. The van der Waals surface area contributed by atoms with E-state index in [2.05, 4.69) is 15.3 Å². The summed E-state index contributed by atoms with van der Waals surface area (Å²) in [6.07, 6.45) is 0. The summed E-state index contributed by atoms with van der Waals surface area (Å²) in [5.74, 6) is 0.195. The van der Waals surface area contributed by atoms with Crippen molar-refractivity contribution < 1.29 is 9.90 Å². The van der Waals surface area contributed by atoms with Gasteiger partial charge in [-0.3, -0.25) is 4.79 Å². The molecule has 0 aliphatic rings. The van der Waals surface area contributed by atoms with Crippen LogP contribution in [0, 0.1) is 0 Å². The third kappa shape index (κ3) is 3.48. The zero-order chi connectivity index (χ0) is 19.0. The number of hydrogen-bond acceptors (Lipinski definition) is 7. The second kappa shape index (κ2) is 7.36. The molecule has 1 aromatic carbocycles. The highest BCUT2D eigenvalue weighted by Gasteiger charge is 2.21. The Morgan fingerprint density at radius 2 is 2.08 bits per heavy atom. The van der Waals surface area contributed by atoms with Gasteiger partial charge in [-0.25, -0.2) is 9.97 Å². The number of aromatic nitrogens is 2. The summed E-state index contributed by atoms with van der Waals surface area (Å²) in [7, 11) is 0. The van der Waals surface area contributed by atoms with Crippen LogP contribution in [0.25, 0.3) is 21.5 Å². The molecule has 0 spiro atoms. The molecule has 0 bridgehead atoms. The molecule has 0 radical (unpaired) electrons. The van der Waals surface area contributed by atoms with Crippen LogP contribution < -0.4 is 11.1 Å². The number of aliphatic hydroxyl groups excluding tert-OH is 1. The van der Waals surface area contributed by atoms with Crippen LogP contribution in [-0.2, 0) is 0 Å². The van der Waals surface area contributed by atoms with E-state index in [0.717, 1.165) is 0 Å². The fourth-order valence-corrected chi connectivity index (χ4v) is 3.75. The molecule has 4 N–H and O–H groups in total. The maximum absolute atomic E-state index is 11.9. The first-order chi connectivity index (χ1) is 12.3. The molecule has 26 heavy (non-hydrogen) atoms. The molecule has 3 aromatic rings. The number of ketones is 1. The van der Waals surface area contributed by atoms with Crippen molar-refractivity contribution in [2.24, 2.45) is 0 Å². The van der Waals surface area contributed by atoms with Gasteiger partial charge in [0.1, 0.15) is 4.83 Å². The number of fused-ring (bicyclic) bond motifs is 1. The SMILES string of the molecule is CC(=O)c1sc2nc(N[C@@H](C)CO)nc(-c3ccc(Cl)c(Cl)c3)c2c1N. The molecule has 0 saturated carbocycles. The van der Waals surface area contributed by atoms with Gasteiger partial charge in [-0.05, 0) is 19.1 Å². The Bertz CT molecular complexity index is 1010. The lowest BCUT2D eigenvalue weighted by molar-refractivity contribution is 0.102. The van der Waals surface area contributed by atoms with Crippen molar-refractivity contribution >= 4 is 62.2 Å². The minimum absolute atomic E-state index is 0.0746. The minimum atomic E-state index is -0.237. The summed E-state index contributed by atoms with van der Waals surface area (Å²) >= 11 is 13.4. The number of hydrogen-bond donors (Lipinski definition) is 3. The van der Waals surface area contributed by atoms with E-state index < -0.39 is 0 Å². The van der Waals surface area contributed by atoms with E-state index in [9.17, 15) is 9.90 Å². The molecule has 0 aliphatic heterocycles. The van der Waals surface area contributed by atoms with E-state index in [0.29, 0.717) is 48.0 Å². The smallest absolute Gasteiger partial charge is 0.224 e. The molecule has 3 rings (SSSR count). The number of nitrogens with zero attached hydrogens (tertiary/aromatic N) is 2. The van der Waals surface area contributed by atoms with Gasteiger partial charge < -0.3 is 16.2 Å². The number of Topliss-reactive ketones (excluding diaryl/α,β-unsaturated/α-hetero) is 1. The first-order valence-electron chi connectivity index (χ1n) is 7.75. The van der Waals surface area contributed by atoms with Crippen LogP contribution in [0.2, 0.25) is 10.0 Å². The van der Waals surface area contributed by atoms with E-state index in [1.807, 2.05) is 0 Å². The van der Waals surface area contributed by atoms with Crippen molar-refractivity contribution in [1.29, 1.82) is 0 Å². The quantitative estimate of drug-likeness (QED) is 0.543. The molecule has 2 heterocycles. The molecular formula is C17H16Cl2N4O2S. The number of halogens is 2. The number of rotatable bonds is 5. The molecule has 0 unspecified atom stereocenters. The summed E-state index contributed by atoms with van der Waals surface area (Å²) in [4.78, 5) is 21.9. The standard InChI is InChI=1S/C17H16Cl2N4O2S/c1-7(6-24)21-17-22-14(9-3-4-10(18)11(19)5-9)12-13(20)15(8(2)25)26-16(12)23-17/h3-5,7,24H,6,20H2,1-2H3,(H,21,22,23)/t7-/m0/s1. The summed E-state index contributed by atoms with van der Waals surface area (Å²) in [6, 6.07) is 4.90. The van der Waals surface area contributed by atoms with E-state index in [4.69, 9.17) is 28.9 Å². The Morgan fingerprint density at radius 1 is 1.35 bits per heavy atom. The molecule has 1 atom stereocenters. The second-order valence-electron chi connectivity index (χ2n) is 5.83. The first-order valence-corrected chi connectivity index (χ1v) is 9.32. The molecule has 0 amide bonds. The predicted octanol–water partition coefficient (Wildman–Crippen LogP) is 4.24. The fraction of sp³-hybridized carbons (Fsp3) is 0.235. The topological polar surface area (TPSA) is 101 Å². The van der Waals surface area contributed by atoms with E-state index in [1.54, 1.807) is 25.1 Å². The molecule has 6 nitrogen and oxygen atoms in total. The summed E-state index contributed by atoms with van der Waals surface area (Å²) in [5.41, 5.74) is 7.81. The molecule has 0 saturated heterocycles. The van der Waals surface area contributed by atoms with E-state index >= 15 is 0 Å². The van der Waals surface area contributed by atoms with E-state index in [-0.39, 0.29) is 18.4 Å². The lowest BCUT2D eigenvalue weighted by atomic mass is 10.1. The highest BCUT2D eigenvalue weighted by atomic mass is 35.5. The van der Waals surface area contributed by atoms with Crippen molar-refractivity contribution in [3.8, 4) is 11.3 Å². The van der Waals surface area contributed by atoms with Gasteiger partial charge in [0.2, 0.25) is 5.95 Å². The van der Waals surface area contributed by atoms with Gasteiger partial charge in [0.15, 0.2) is 5.78 Å². The van der Waals surface area contributed by atoms with Gasteiger partial charge in [-0.2, -0.15) is 0 Å². The van der Waals surface area contributed by atoms with Crippen LogP contribution in [0.1, 0.15) is 23.5 Å². The zero-order valence-electron chi connectivity index (χ0n) is 14.0. The maximum atomic E-state index is 11.9. The van der Waals surface area contributed by atoms with Crippen LogP contribution in [-0.4, -0.2) is 33.5 Å². The van der Waals surface area contributed by atoms with Gasteiger partial charge in [-0.15, -0.1) is 11.3 Å². The summed E-state index contributed by atoms with van der Waals surface area (Å²) in [5, 5.41) is 13.7. The normalized spacial score (nSPS) is 12.3. The van der Waals surface area contributed by atoms with Crippen molar-refractivity contribution in [2.75, 3.05) is 17.7 Å². The fourth-order valence-electron chi connectivity index (χ4n) is 2.47. The second-order valence-corrected chi connectivity index (χ2v) is 7.65. The van der Waals surface area contributed by atoms with Crippen molar-refractivity contribution in [2.45, 2.75) is 19.9 Å². The Kier molecular flexibility index (Phi) is 5.34. The molecular weight excluding hydrogens is 395 g/mol. The first kappa shape index (κ1) is 18.8. The number of nitrogen functional groups attached to an aromatic ring is 1. The Balaban J connectivity index is 2.29. The molecule has 136 valence electrons. The highest BCUT2D eigenvalue weighted by Crippen LogP contribution is 2.40. The average Bonchev–Trinajstić information content (AvgIpc) is 2.93. The van der Waals surface area contributed by atoms with Crippen molar-refractivity contribution in [3.05, 3.63) is 33.1 Å². The number of nitrogens with one attached hydrogen (secondary N) is 1. The lowest BCUT2D eigenvalue weighted by Gasteiger charge is -2.13. The summed E-state index contributed by atoms with van der Waals surface area (Å²) in [6.45, 7) is 3.19. The van der Waals surface area contributed by atoms with Crippen LogP contribution in [0.5, 0.6) is 0 Å². The van der Waals surface area contributed by atoms with Crippen molar-refractivity contribution in [3.63, 3.8) is 0 Å². The van der Waals surface area contributed by atoms with Crippen LogP contribution in [0.4, 0.5) is 11.6 Å². The van der Waals surface area contributed by atoms with E-state index in [1.165, 1.54) is 18.3 Å². The number of benzene rings is 1. The predicted molar refractivity (Wildman–Crippen MR) is 107 cm³/mol. The molecule has 2 aromatic heterocycles. The van der Waals surface area contributed by atoms with Gasteiger partial charge in [-0.1, -0.05) is 29.3 Å². The van der Waals surface area contributed by atoms with Crippen LogP contribution in [0.3, 0.4) is 0 Å². The monoisotopic (exact) mass is 410 g/mol. The molecule has 9 heteroatoms. The lowest BCUT2D eigenvalue weighted by Crippen LogP contribution is -2.21.